The third kappa shape index (κ3) is 3.01. The summed E-state index contributed by atoms with van der Waals surface area (Å²) in [7, 11) is 0. The number of rotatable bonds is 3. The molecular weight excluding hydrogens is 232 g/mol. The van der Waals surface area contributed by atoms with E-state index >= 15 is 0 Å². The molecule has 0 radical (unpaired) electrons. The van der Waals surface area contributed by atoms with E-state index in [2.05, 4.69) is 23.5 Å². The van der Waals surface area contributed by atoms with Crippen molar-refractivity contribution in [1.82, 2.24) is 5.32 Å². The lowest BCUT2D eigenvalue weighted by atomic mass is 10.0. The van der Waals surface area contributed by atoms with Crippen LogP contribution in [0, 0.1) is 11.3 Å². The van der Waals surface area contributed by atoms with E-state index < -0.39 is 5.54 Å². The summed E-state index contributed by atoms with van der Waals surface area (Å²) in [4.78, 5) is 0. The van der Waals surface area contributed by atoms with Crippen molar-refractivity contribution in [3.05, 3.63) is 35.9 Å². The Balaban J connectivity index is 2.01. The minimum atomic E-state index is -0.762. The number of nitrogens with one attached hydrogen (secondary N) is 1. The fourth-order valence-electron chi connectivity index (χ4n) is 2.05. The van der Waals surface area contributed by atoms with E-state index in [4.69, 9.17) is 5.26 Å². The lowest BCUT2D eigenvalue weighted by Gasteiger charge is -2.35. The molecule has 1 aliphatic rings. The zero-order valence-corrected chi connectivity index (χ0v) is 10.4. The van der Waals surface area contributed by atoms with Gasteiger partial charge in [-0.25, -0.2) is 0 Å². The highest BCUT2D eigenvalue weighted by Crippen LogP contribution is 2.22. The Kier molecular flexibility index (Phi) is 4.06. The number of hydrogen-bond acceptors (Lipinski definition) is 4. The highest BCUT2D eigenvalue weighted by molar-refractivity contribution is 7.99. The molecule has 0 aromatic heterocycles. The van der Waals surface area contributed by atoms with Gasteiger partial charge < -0.3 is 5.11 Å². The van der Waals surface area contributed by atoms with Gasteiger partial charge in [-0.05, 0) is 12.0 Å². The fraction of sp³-hybridized carbons (Fsp3) is 0.462. The Labute approximate surface area is 106 Å². The minimum absolute atomic E-state index is 0.123. The quantitative estimate of drug-likeness (QED) is 0.843. The van der Waals surface area contributed by atoms with E-state index in [0.29, 0.717) is 5.75 Å². The molecule has 90 valence electrons. The molecule has 1 saturated heterocycles. The second kappa shape index (κ2) is 5.54. The molecule has 2 atom stereocenters. The Morgan fingerprint density at radius 2 is 2.24 bits per heavy atom. The van der Waals surface area contributed by atoms with Crippen LogP contribution < -0.4 is 5.32 Å². The van der Waals surface area contributed by atoms with Gasteiger partial charge in [0.1, 0.15) is 5.54 Å². The maximum absolute atomic E-state index is 9.33. The molecule has 1 heterocycles. The van der Waals surface area contributed by atoms with Crippen LogP contribution in [0.25, 0.3) is 0 Å². The summed E-state index contributed by atoms with van der Waals surface area (Å²) in [5, 5.41) is 21.7. The predicted molar refractivity (Wildman–Crippen MR) is 69.8 cm³/mol. The van der Waals surface area contributed by atoms with Gasteiger partial charge in [-0.1, -0.05) is 30.3 Å². The SMILES string of the molecule is N#C[C@@]1(CO)CSC[C@H](Cc2ccccc2)N1. The first-order valence-electron chi connectivity index (χ1n) is 5.69. The topological polar surface area (TPSA) is 56.0 Å². The molecule has 17 heavy (non-hydrogen) atoms. The largest absolute Gasteiger partial charge is 0.393 e. The molecule has 0 spiro atoms. The van der Waals surface area contributed by atoms with Gasteiger partial charge in [0.15, 0.2) is 0 Å². The Bertz CT molecular complexity index is 404. The molecule has 0 saturated carbocycles. The van der Waals surface area contributed by atoms with Crippen LogP contribution >= 0.6 is 11.8 Å². The summed E-state index contributed by atoms with van der Waals surface area (Å²) in [6.45, 7) is -0.123. The number of aliphatic hydroxyl groups excluding tert-OH is 1. The van der Waals surface area contributed by atoms with Gasteiger partial charge in [-0.2, -0.15) is 17.0 Å². The average Bonchev–Trinajstić information content (AvgIpc) is 2.40. The van der Waals surface area contributed by atoms with Gasteiger partial charge in [-0.3, -0.25) is 5.32 Å². The molecule has 4 heteroatoms. The monoisotopic (exact) mass is 248 g/mol. The molecule has 0 amide bonds. The van der Waals surface area contributed by atoms with Crippen molar-refractivity contribution >= 4 is 11.8 Å². The van der Waals surface area contributed by atoms with E-state index in [1.165, 1.54) is 5.56 Å². The van der Waals surface area contributed by atoms with E-state index in [1.807, 2.05) is 18.2 Å². The van der Waals surface area contributed by atoms with Crippen LogP contribution in [0.5, 0.6) is 0 Å². The molecule has 1 aliphatic heterocycles. The number of hydrogen-bond donors (Lipinski definition) is 2. The zero-order valence-electron chi connectivity index (χ0n) is 9.60. The molecule has 1 fully saturated rings. The predicted octanol–water partition coefficient (Wildman–Crippen LogP) is 1.19. The molecule has 2 N–H and O–H groups in total. The molecule has 0 unspecified atom stereocenters. The fourth-order valence-corrected chi connectivity index (χ4v) is 3.24. The van der Waals surface area contributed by atoms with Crippen LogP contribution in [-0.4, -0.2) is 34.8 Å². The van der Waals surface area contributed by atoms with Gasteiger partial charge in [0, 0.05) is 17.5 Å². The van der Waals surface area contributed by atoms with Crippen molar-refractivity contribution in [3.63, 3.8) is 0 Å². The number of nitrogens with zero attached hydrogens (tertiary/aromatic N) is 1. The lowest BCUT2D eigenvalue weighted by Crippen LogP contribution is -2.58. The number of aliphatic hydroxyl groups is 1. The third-order valence-electron chi connectivity index (χ3n) is 2.96. The number of thioether (sulfide) groups is 1. The zero-order chi connectivity index (χ0) is 12.1. The smallest absolute Gasteiger partial charge is 0.139 e. The normalized spacial score (nSPS) is 28.6. The van der Waals surface area contributed by atoms with Crippen LogP contribution in [0.1, 0.15) is 5.56 Å². The Hall–Kier alpha value is -1.02. The second-order valence-corrected chi connectivity index (χ2v) is 5.43. The average molecular weight is 248 g/mol. The van der Waals surface area contributed by atoms with E-state index in [-0.39, 0.29) is 12.6 Å². The van der Waals surface area contributed by atoms with Crippen molar-refractivity contribution in [3.8, 4) is 6.07 Å². The van der Waals surface area contributed by atoms with Crippen LogP contribution in [0.2, 0.25) is 0 Å². The third-order valence-corrected chi connectivity index (χ3v) is 4.29. The van der Waals surface area contributed by atoms with Gasteiger partial charge >= 0.3 is 0 Å². The van der Waals surface area contributed by atoms with Crippen LogP contribution in [0.4, 0.5) is 0 Å². The van der Waals surface area contributed by atoms with Crippen molar-refractivity contribution < 1.29 is 5.11 Å². The molecule has 1 aromatic carbocycles. The van der Waals surface area contributed by atoms with Crippen molar-refractivity contribution in [2.45, 2.75) is 18.0 Å². The van der Waals surface area contributed by atoms with E-state index in [0.717, 1.165) is 12.2 Å². The highest BCUT2D eigenvalue weighted by atomic mass is 32.2. The summed E-state index contributed by atoms with van der Waals surface area (Å²) in [5.41, 5.74) is 0.500. The number of benzene rings is 1. The molecule has 1 aromatic rings. The first-order chi connectivity index (χ1) is 8.28. The van der Waals surface area contributed by atoms with Gasteiger partial charge in [0.05, 0.1) is 12.7 Å². The molecule has 3 nitrogen and oxygen atoms in total. The standard InChI is InChI=1S/C13H16N2OS/c14-8-13(9-16)10-17-7-12(15-13)6-11-4-2-1-3-5-11/h1-5,12,15-16H,6-7,9-10H2/t12-,13+/m0/s1. The van der Waals surface area contributed by atoms with Crippen molar-refractivity contribution in [1.29, 1.82) is 5.26 Å². The van der Waals surface area contributed by atoms with Crippen LogP contribution in [0.15, 0.2) is 30.3 Å². The summed E-state index contributed by atoms with van der Waals surface area (Å²) < 4.78 is 0. The van der Waals surface area contributed by atoms with E-state index in [1.54, 1.807) is 11.8 Å². The first kappa shape index (κ1) is 12.4. The van der Waals surface area contributed by atoms with Gasteiger partial charge in [0.2, 0.25) is 0 Å². The molecular formula is C13H16N2OS. The maximum atomic E-state index is 9.33. The lowest BCUT2D eigenvalue weighted by molar-refractivity contribution is 0.202. The van der Waals surface area contributed by atoms with Crippen LogP contribution in [-0.2, 0) is 6.42 Å². The molecule has 2 rings (SSSR count). The minimum Gasteiger partial charge on any atom is -0.393 e. The second-order valence-electron chi connectivity index (χ2n) is 4.40. The summed E-state index contributed by atoms with van der Waals surface area (Å²) in [6, 6.07) is 12.7. The Morgan fingerprint density at radius 3 is 2.88 bits per heavy atom. The Morgan fingerprint density at radius 1 is 1.47 bits per heavy atom. The van der Waals surface area contributed by atoms with E-state index in [9.17, 15) is 5.11 Å². The van der Waals surface area contributed by atoms with Crippen molar-refractivity contribution in [2.24, 2.45) is 0 Å². The van der Waals surface area contributed by atoms with Crippen LogP contribution in [0.3, 0.4) is 0 Å². The molecule has 0 aliphatic carbocycles. The highest BCUT2D eigenvalue weighted by Gasteiger charge is 2.35. The number of nitriles is 1. The summed E-state index contributed by atoms with van der Waals surface area (Å²) >= 11 is 1.73. The summed E-state index contributed by atoms with van der Waals surface area (Å²) in [6.07, 6.45) is 0.900. The van der Waals surface area contributed by atoms with Crippen molar-refractivity contribution in [2.75, 3.05) is 18.1 Å². The molecule has 0 bridgehead atoms. The summed E-state index contributed by atoms with van der Waals surface area (Å²) in [5.74, 6) is 1.64. The van der Waals surface area contributed by atoms with Gasteiger partial charge in [0.25, 0.3) is 0 Å². The van der Waals surface area contributed by atoms with Gasteiger partial charge in [-0.15, -0.1) is 0 Å². The maximum Gasteiger partial charge on any atom is 0.139 e. The first-order valence-corrected chi connectivity index (χ1v) is 6.85.